The van der Waals surface area contributed by atoms with Gasteiger partial charge in [-0.1, -0.05) is 135 Å². The van der Waals surface area contributed by atoms with Crippen molar-refractivity contribution in [2.24, 2.45) is 0 Å². The highest BCUT2D eigenvalue weighted by Gasteiger charge is 2.16. The Labute approximate surface area is 219 Å². The van der Waals surface area contributed by atoms with Gasteiger partial charge in [0.15, 0.2) is 0 Å². The van der Waals surface area contributed by atoms with Gasteiger partial charge < -0.3 is 0 Å². The predicted octanol–water partition coefficient (Wildman–Crippen LogP) is 10.6. The molecule has 6 aromatic carbocycles. The Bertz CT molecular complexity index is 1680. The standard InChI is InChI=1S/C37H30/c1-3-13-27-22-23-30(24-26(27)4-2)29-16-12-17-31(25-29)37-34-20-10-8-18-32(34)36(28-14-6-5-7-15-28)33-19-9-11-21-35(33)37/h4-12,14-25H,2-3,13H2,1H3. The van der Waals surface area contributed by atoms with Crippen molar-refractivity contribution in [3.63, 3.8) is 0 Å². The van der Waals surface area contributed by atoms with Gasteiger partial charge in [0.2, 0.25) is 0 Å². The van der Waals surface area contributed by atoms with Gasteiger partial charge in [0.05, 0.1) is 0 Å². The van der Waals surface area contributed by atoms with Gasteiger partial charge in [-0.2, -0.15) is 0 Å². The van der Waals surface area contributed by atoms with Crippen molar-refractivity contribution < 1.29 is 0 Å². The van der Waals surface area contributed by atoms with Crippen LogP contribution in [-0.2, 0) is 6.42 Å². The molecule has 0 amide bonds. The van der Waals surface area contributed by atoms with E-state index in [1.807, 2.05) is 6.08 Å². The molecule has 0 spiro atoms. The fraction of sp³-hybridized carbons (Fsp3) is 0.0811. The van der Waals surface area contributed by atoms with Crippen LogP contribution in [0, 0.1) is 0 Å². The molecule has 0 heterocycles. The summed E-state index contributed by atoms with van der Waals surface area (Å²) in [6, 6.07) is 44.2. The first-order valence-corrected chi connectivity index (χ1v) is 13.1. The molecular formula is C37H30. The van der Waals surface area contributed by atoms with Gasteiger partial charge in [-0.05, 0) is 84.6 Å². The average molecular weight is 475 g/mol. The van der Waals surface area contributed by atoms with E-state index in [0.29, 0.717) is 0 Å². The summed E-state index contributed by atoms with van der Waals surface area (Å²) >= 11 is 0. The minimum atomic E-state index is 1.08. The Kier molecular flexibility index (Phi) is 6.16. The first kappa shape index (κ1) is 23.0. The van der Waals surface area contributed by atoms with Gasteiger partial charge in [0.1, 0.15) is 0 Å². The molecule has 0 heteroatoms. The summed E-state index contributed by atoms with van der Waals surface area (Å²) in [4.78, 5) is 0. The lowest BCUT2D eigenvalue weighted by Crippen LogP contribution is -1.92. The number of fused-ring (bicyclic) bond motifs is 2. The Hall–Kier alpha value is -4.42. The average Bonchev–Trinajstić information content (AvgIpc) is 2.96. The maximum atomic E-state index is 4.08. The summed E-state index contributed by atoms with van der Waals surface area (Å²) in [5.74, 6) is 0. The van der Waals surface area contributed by atoms with Gasteiger partial charge in [0.25, 0.3) is 0 Å². The van der Waals surface area contributed by atoms with E-state index in [0.717, 1.165) is 12.8 Å². The molecule has 0 unspecified atom stereocenters. The molecule has 37 heavy (non-hydrogen) atoms. The van der Waals surface area contributed by atoms with E-state index in [1.165, 1.54) is 66.1 Å². The molecule has 0 aliphatic heterocycles. The second-order valence-electron chi connectivity index (χ2n) is 9.66. The Morgan fingerprint density at radius 3 is 1.62 bits per heavy atom. The van der Waals surface area contributed by atoms with Crippen LogP contribution in [0.25, 0.3) is 61.0 Å². The Morgan fingerprint density at radius 1 is 0.514 bits per heavy atom. The molecule has 0 radical (unpaired) electrons. The third kappa shape index (κ3) is 4.15. The van der Waals surface area contributed by atoms with E-state index in [2.05, 4.69) is 135 Å². The summed E-state index contributed by atoms with van der Waals surface area (Å²) in [6.45, 7) is 6.30. The van der Waals surface area contributed by atoms with Gasteiger partial charge in [0, 0.05) is 0 Å². The van der Waals surface area contributed by atoms with Crippen LogP contribution in [0.1, 0.15) is 24.5 Å². The van der Waals surface area contributed by atoms with Crippen LogP contribution in [0.4, 0.5) is 0 Å². The maximum absolute atomic E-state index is 4.08. The smallest absolute Gasteiger partial charge is 0.00262 e. The van der Waals surface area contributed by atoms with Crippen molar-refractivity contribution >= 4 is 27.6 Å². The Balaban J connectivity index is 1.60. The van der Waals surface area contributed by atoms with E-state index < -0.39 is 0 Å². The highest BCUT2D eigenvalue weighted by molar-refractivity contribution is 6.21. The quantitative estimate of drug-likeness (QED) is 0.211. The molecule has 178 valence electrons. The lowest BCUT2D eigenvalue weighted by atomic mass is 9.85. The minimum absolute atomic E-state index is 1.08. The molecule has 0 atom stereocenters. The monoisotopic (exact) mass is 474 g/mol. The maximum Gasteiger partial charge on any atom is -0.00262 e. The van der Waals surface area contributed by atoms with Crippen molar-refractivity contribution in [3.05, 3.63) is 139 Å². The third-order valence-corrected chi connectivity index (χ3v) is 7.36. The molecule has 0 bridgehead atoms. The predicted molar refractivity (Wildman–Crippen MR) is 162 cm³/mol. The van der Waals surface area contributed by atoms with Crippen LogP contribution in [-0.4, -0.2) is 0 Å². The van der Waals surface area contributed by atoms with E-state index >= 15 is 0 Å². The highest BCUT2D eigenvalue weighted by Crippen LogP contribution is 2.44. The van der Waals surface area contributed by atoms with Crippen LogP contribution in [0.3, 0.4) is 0 Å². The zero-order chi connectivity index (χ0) is 25.2. The van der Waals surface area contributed by atoms with Crippen LogP contribution in [0.5, 0.6) is 0 Å². The Morgan fingerprint density at radius 2 is 1.03 bits per heavy atom. The second kappa shape index (κ2) is 9.91. The van der Waals surface area contributed by atoms with Crippen LogP contribution >= 0.6 is 0 Å². The number of hydrogen-bond acceptors (Lipinski definition) is 0. The van der Waals surface area contributed by atoms with Gasteiger partial charge in [-0.25, -0.2) is 0 Å². The van der Waals surface area contributed by atoms with Crippen LogP contribution in [0.15, 0.2) is 128 Å². The van der Waals surface area contributed by atoms with Crippen molar-refractivity contribution in [1.82, 2.24) is 0 Å². The largest absolute Gasteiger partial charge is 0.0985 e. The number of hydrogen-bond donors (Lipinski definition) is 0. The second-order valence-corrected chi connectivity index (χ2v) is 9.66. The van der Waals surface area contributed by atoms with E-state index in [9.17, 15) is 0 Å². The molecular weight excluding hydrogens is 444 g/mol. The van der Waals surface area contributed by atoms with E-state index in [-0.39, 0.29) is 0 Å². The lowest BCUT2D eigenvalue weighted by Gasteiger charge is -2.18. The fourth-order valence-corrected chi connectivity index (χ4v) is 5.67. The summed E-state index contributed by atoms with van der Waals surface area (Å²) in [6.07, 6.45) is 4.20. The molecule has 0 aromatic heterocycles. The van der Waals surface area contributed by atoms with E-state index in [1.54, 1.807) is 0 Å². The summed E-state index contributed by atoms with van der Waals surface area (Å²) < 4.78 is 0. The molecule has 6 rings (SSSR count). The SMILES string of the molecule is C=Cc1cc(-c2cccc(-c3c4ccccc4c(-c4ccccc4)c4ccccc34)c2)ccc1CCC. The van der Waals surface area contributed by atoms with Crippen molar-refractivity contribution in [1.29, 1.82) is 0 Å². The third-order valence-electron chi connectivity index (χ3n) is 7.36. The summed E-state index contributed by atoms with van der Waals surface area (Å²) in [7, 11) is 0. The van der Waals surface area contributed by atoms with Crippen molar-refractivity contribution in [3.8, 4) is 33.4 Å². The number of rotatable bonds is 6. The molecule has 0 fully saturated rings. The number of aryl methyl sites for hydroxylation is 1. The molecule has 0 saturated carbocycles. The molecule has 6 aromatic rings. The summed E-state index contributed by atoms with van der Waals surface area (Å²) in [5.41, 5.74) is 10.1. The van der Waals surface area contributed by atoms with Crippen LogP contribution < -0.4 is 0 Å². The first-order valence-electron chi connectivity index (χ1n) is 13.1. The number of benzene rings is 6. The first-order chi connectivity index (χ1) is 18.3. The normalized spacial score (nSPS) is 11.2. The summed E-state index contributed by atoms with van der Waals surface area (Å²) in [5, 5.41) is 5.13. The van der Waals surface area contributed by atoms with Gasteiger partial charge in [-0.15, -0.1) is 0 Å². The molecule has 0 aliphatic carbocycles. The van der Waals surface area contributed by atoms with Gasteiger partial charge >= 0.3 is 0 Å². The molecule has 0 saturated heterocycles. The van der Waals surface area contributed by atoms with Crippen LogP contribution in [0.2, 0.25) is 0 Å². The highest BCUT2D eigenvalue weighted by atomic mass is 14.2. The van der Waals surface area contributed by atoms with Crippen molar-refractivity contribution in [2.45, 2.75) is 19.8 Å². The van der Waals surface area contributed by atoms with E-state index in [4.69, 9.17) is 0 Å². The lowest BCUT2D eigenvalue weighted by molar-refractivity contribution is 0.920. The fourth-order valence-electron chi connectivity index (χ4n) is 5.67. The molecule has 0 N–H and O–H groups in total. The molecule has 0 aliphatic rings. The van der Waals surface area contributed by atoms with Crippen molar-refractivity contribution in [2.75, 3.05) is 0 Å². The zero-order valence-corrected chi connectivity index (χ0v) is 21.2. The molecule has 0 nitrogen and oxygen atoms in total. The van der Waals surface area contributed by atoms with Gasteiger partial charge in [-0.3, -0.25) is 0 Å². The zero-order valence-electron chi connectivity index (χ0n) is 21.2. The minimum Gasteiger partial charge on any atom is -0.0985 e. The topological polar surface area (TPSA) is 0 Å².